The summed E-state index contributed by atoms with van der Waals surface area (Å²) in [4.78, 5) is 22.9. The van der Waals surface area contributed by atoms with E-state index in [1.807, 2.05) is 37.3 Å². The van der Waals surface area contributed by atoms with E-state index < -0.39 is 0 Å². The minimum atomic E-state index is -0.371. The molecule has 0 saturated heterocycles. The SMILES string of the molecule is CCOC(=O)CCCNC1CC(NC(=O)OCc2ccccc2)C1. The number of nitrogens with one attached hydrogen (secondary N) is 2. The number of hydrogen-bond acceptors (Lipinski definition) is 5. The molecule has 0 aromatic heterocycles. The Hall–Kier alpha value is -2.08. The van der Waals surface area contributed by atoms with Crippen LogP contribution in [0.25, 0.3) is 0 Å². The zero-order valence-electron chi connectivity index (χ0n) is 14.1. The number of carbonyl (C=O) groups is 2. The Bertz CT molecular complexity index is 515. The van der Waals surface area contributed by atoms with E-state index in [1.54, 1.807) is 0 Å². The Labute approximate surface area is 142 Å². The molecule has 132 valence electrons. The average molecular weight is 334 g/mol. The summed E-state index contributed by atoms with van der Waals surface area (Å²) in [6.45, 7) is 3.31. The van der Waals surface area contributed by atoms with Crippen molar-refractivity contribution in [3.63, 3.8) is 0 Å². The van der Waals surface area contributed by atoms with Crippen LogP contribution in [-0.4, -0.2) is 37.3 Å². The fourth-order valence-corrected chi connectivity index (χ4v) is 2.61. The highest BCUT2D eigenvalue weighted by Crippen LogP contribution is 2.20. The van der Waals surface area contributed by atoms with Gasteiger partial charge in [0.25, 0.3) is 0 Å². The highest BCUT2D eigenvalue weighted by atomic mass is 16.5. The second kappa shape index (κ2) is 9.93. The Balaban J connectivity index is 1.48. The molecule has 6 nitrogen and oxygen atoms in total. The summed E-state index contributed by atoms with van der Waals surface area (Å²) in [6, 6.07) is 10.2. The minimum absolute atomic E-state index is 0.145. The number of ether oxygens (including phenoxy) is 2. The zero-order valence-corrected chi connectivity index (χ0v) is 14.1. The van der Waals surface area contributed by atoms with Gasteiger partial charge in [-0.1, -0.05) is 30.3 Å². The first kappa shape index (κ1) is 18.3. The van der Waals surface area contributed by atoms with Gasteiger partial charge in [-0.15, -0.1) is 0 Å². The van der Waals surface area contributed by atoms with E-state index in [-0.39, 0.29) is 24.7 Å². The fraction of sp³-hybridized carbons (Fsp3) is 0.556. The molecule has 2 N–H and O–H groups in total. The summed E-state index contributed by atoms with van der Waals surface area (Å²) in [6.07, 6.45) is 2.62. The van der Waals surface area contributed by atoms with Crippen molar-refractivity contribution in [2.75, 3.05) is 13.2 Å². The molecule has 1 aromatic carbocycles. The molecule has 0 unspecified atom stereocenters. The van der Waals surface area contributed by atoms with Gasteiger partial charge < -0.3 is 20.1 Å². The highest BCUT2D eigenvalue weighted by Gasteiger charge is 2.30. The van der Waals surface area contributed by atoms with Gasteiger partial charge in [0.05, 0.1) is 6.61 Å². The number of carbonyl (C=O) groups excluding carboxylic acids is 2. The molecule has 2 rings (SSSR count). The minimum Gasteiger partial charge on any atom is -0.466 e. The van der Waals surface area contributed by atoms with Crippen LogP contribution in [0, 0.1) is 0 Å². The Kier molecular flexibility index (Phi) is 7.55. The summed E-state index contributed by atoms with van der Waals surface area (Å²) >= 11 is 0. The van der Waals surface area contributed by atoms with Crippen LogP contribution < -0.4 is 10.6 Å². The van der Waals surface area contributed by atoms with Crippen LogP contribution in [0.5, 0.6) is 0 Å². The van der Waals surface area contributed by atoms with Gasteiger partial charge in [0, 0.05) is 18.5 Å². The predicted octanol–water partition coefficient (Wildman–Crippen LogP) is 2.38. The smallest absolute Gasteiger partial charge is 0.407 e. The van der Waals surface area contributed by atoms with Crippen LogP contribution in [-0.2, 0) is 20.9 Å². The largest absolute Gasteiger partial charge is 0.466 e. The van der Waals surface area contributed by atoms with Gasteiger partial charge in [-0.3, -0.25) is 4.79 Å². The number of rotatable bonds is 9. The van der Waals surface area contributed by atoms with Crippen molar-refractivity contribution in [1.82, 2.24) is 10.6 Å². The molecule has 24 heavy (non-hydrogen) atoms. The molecule has 0 aliphatic heterocycles. The maximum absolute atomic E-state index is 11.7. The second-order valence-electron chi connectivity index (χ2n) is 5.93. The molecule has 1 fully saturated rings. The van der Waals surface area contributed by atoms with Gasteiger partial charge in [0.1, 0.15) is 6.61 Å². The van der Waals surface area contributed by atoms with Gasteiger partial charge >= 0.3 is 12.1 Å². The molecular formula is C18H26N2O4. The lowest BCUT2D eigenvalue weighted by Gasteiger charge is -2.36. The third-order valence-electron chi connectivity index (χ3n) is 3.97. The lowest BCUT2D eigenvalue weighted by atomic mass is 9.87. The first-order valence-corrected chi connectivity index (χ1v) is 8.53. The van der Waals surface area contributed by atoms with Crippen molar-refractivity contribution in [3.8, 4) is 0 Å². The van der Waals surface area contributed by atoms with Crippen LogP contribution in [0.2, 0.25) is 0 Å². The van der Waals surface area contributed by atoms with Crippen LogP contribution in [0.4, 0.5) is 4.79 Å². The van der Waals surface area contributed by atoms with Crippen LogP contribution in [0.3, 0.4) is 0 Å². The maximum atomic E-state index is 11.7. The summed E-state index contributed by atoms with van der Waals surface area (Å²) in [5, 5.41) is 6.24. The topological polar surface area (TPSA) is 76.7 Å². The molecule has 1 saturated carbocycles. The number of hydrogen-bond donors (Lipinski definition) is 2. The van der Waals surface area contributed by atoms with Crippen LogP contribution in [0.1, 0.15) is 38.2 Å². The summed E-state index contributed by atoms with van der Waals surface area (Å²) in [7, 11) is 0. The summed E-state index contributed by atoms with van der Waals surface area (Å²) < 4.78 is 10.1. The number of benzene rings is 1. The molecular weight excluding hydrogens is 308 g/mol. The monoisotopic (exact) mass is 334 g/mol. The zero-order chi connectivity index (χ0) is 17.2. The van der Waals surface area contributed by atoms with Crippen LogP contribution in [0.15, 0.2) is 30.3 Å². The molecule has 0 atom stereocenters. The van der Waals surface area contributed by atoms with Crippen molar-refractivity contribution in [1.29, 1.82) is 0 Å². The van der Waals surface area contributed by atoms with E-state index in [0.717, 1.165) is 31.4 Å². The highest BCUT2D eigenvalue weighted by molar-refractivity contribution is 5.69. The van der Waals surface area contributed by atoms with E-state index in [9.17, 15) is 9.59 Å². The molecule has 1 aliphatic rings. The number of alkyl carbamates (subject to hydrolysis) is 1. The quantitative estimate of drug-likeness (QED) is 0.535. The fourth-order valence-electron chi connectivity index (χ4n) is 2.61. The van der Waals surface area contributed by atoms with E-state index in [4.69, 9.17) is 9.47 Å². The Morgan fingerprint density at radius 3 is 2.58 bits per heavy atom. The molecule has 0 spiro atoms. The third-order valence-corrected chi connectivity index (χ3v) is 3.97. The molecule has 0 heterocycles. The first-order chi connectivity index (χ1) is 11.7. The normalized spacial score (nSPS) is 19.2. The van der Waals surface area contributed by atoms with Gasteiger partial charge in [-0.25, -0.2) is 4.79 Å². The molecule has 1 amide bonds. The standard InChI is InChI=1S/C18H26N2O4/c1-2-23-17(21)9-6-10-19-15-11-16(12-15)20-18(22)24-13-14-7-4-3-5-8-14/h3-5,7-8,15-16,19H,2,6,9-13H2,1H3,(H,20,22). The van der Waals surface area contributed by atoms with Crippen molar-refractivity contribution < 1.29 is 19.1 Å². The van der Waals surface area contributed by atoms with Crippen molar-refractivity contribution in [2.45, 2.75) is 51.3 Å². The van der Waals surface area contributed by atoms with Crippen molar-refractivity contribution >= 4 is 12.1 Å². The second-order valence-corrected chi connectivity index (χ2v) is 5.93. The Morgan fingerprint density at radius 1 is 1.12 bits per heavy atom. The number of esters is 1. The van der Waals surface area contributed by atoms with Gasteiger partial charge in [-0.05, 0) is 38.3 Å². The Morgan fingerprint density at radius 2 is 1.88 bits per heavy atom. The van der Waals surface area contributed by atoms with E-state index >= 15 is 0 Å². The summed E-state index contributed by atoms with van der Waals surface area (Å²) in [5.41, 5.74) is 0.974. The molecule has 1 aromatic rings. The molecule has 1 aliphatic carbocycles. The summed E-state index contributed by atoms with van der Waals surface area (Å²) in [5.74, 6) is -0.145. The maximum Gasteiger partial charge on any atom is 0.407 e. The van der Waals surface area contributed by atoms with E-state index in [0.29, 0.717) is 19.1 Å². The lowest BCUT2D eigenvalue weighted by molar-refractivity contribution is -0.143. The van der Waals surface area contributed by atoms with Gasteiger partial charge in [-0.2, -0.15) is 0 Å². The van der Waals surface area contributed by atoms with E-state index in [1.165, 1.54) is 0 Å². The first-order valence-electron chi connectivity index (χ1n) is 8.53. The molecule has 0 radical (unpaired) electrons. The average Bonchev–Trinajstić information content (AvgIpc) is 2.55. The lowest BCUT2D eigenvalue weighted by Crippen LogP contribution is -2.52. The number of amides is 1. The van der Waals surface area contributed by atoms with Crippen molar-refractivity contribution in [2.24, 2.45) is 0 Å². The van der Waals surface area contributed by atoms with E-state index in [2.05, 4.69) is 10.6 Å². The van der Waals surface area contributed by atoms with Gasteiger partial charge in [0.15, 0.2) is 0 Å². The van der Waals surface area contributed by atoms with Gasteiger partial charge in [0.2, 0.25) is 0 Å². The van der Waals surface area contributed by atoms with Crippen LogP contribution >= 0.6 is 0 Å². The molecule has 6 heteroatoms. The molecule has 0 bridgehead atoms. The van der Waals surface area contributed by atoms with Crippen molar-refractivity contribution in [3.05, 3.63) is 35.9 Å². The predicted molar refractivity (Wildman–Crippen MR) is 90.4 cm³/mol. The third kappa shape index (κ3) is 6.58.